The largest absolute Gasteiger partial charge is 0.468 e. The van der Waals surface area contributed by atoms with Crippen LogP contribution in [-0.4, -0.2) is 45.8 Å². The lowest BCUT2D eigenvalue weighted by atomic mass is 9.96. The molecule has 1 fully saturated rings. The van der Waals surface area contributed by atoms with Crippen LogP contribution in [0.15, 0.2) is 41.0 Å². The minimum absolute atomic E-state index is 0.0327. The highest BCUT2D eigenvalue weighted by Gasteiger charge is 2.28. The number of aryl methyl sites for hydroxylation is 1. The zero-order chi connectivity index (χ0) is 18.8. The van der Waals surface area contributed by atoms with Gasteiger partial charge in [0.25, 0.3) is 0 Å². The van der Waals surface area contributed by atoms with Gasteiger partial charge in [0.2, 0.25) is 5.91 Å². The molecule has 0 saturated carbocycles. The molecule has 0 spiro atoms. The molecule has 3 aromatic rings. The predicted octanol–water partition coefficient (Wildman–Crippen LogP) is 3.33. The number of hydrogen-bond acceptors (Lipinski definition) is 4. The van der Waals surface area contributed by atoms with Crippen molar-refractivity contribution >= 4 is 16.9 Å². The first kappa shape index (κ1) is 17.8. The summed E-state index contributed by atoms with van der Waals surface area (Å²) in [5.74, 6) is 2.00. The molecule has 1 N–H and O–H groups in total. The van der Waals surface area contributed by atoms with Crippen LogP contribution in [0.3, 0.4) is 0 Å². The van der Waals surface area contributed by atoms with E-state index in [4.69, 9.17) is 4.42 Å². The van der Waals surface area contributed by atoms with Crippen molar-refractivity contribution in [3.8, 4) is 0 Å². The summed E-state index contributed by atoms with van der Waals surface area (Å²) in [4.78, 5) is 25.0. The van der Waals surface area contributed by atoms with E-state index in [1.54, 1.807) is 11.2 Å². The van der Waals surface area contributed by atoms with E-state index in [-0.39, 0.29) is 11.8 Å². The first-order valence-electron chi connectivity index (χ1n) is 9.53. The van der Waals surface area contributed by atoms with Crippen molar-refractivity contribution in [3.63, 3.8) is 0 Å². The van der Waals surface area contributed by atoms with Crippen molar-refractivity contribution in [1.29, 1.82) is 0 Å². The van der Waals surface area contributed by atoms with Crippen molar-refractivity contribution in [2.24, 2.45) is 5.92 Å². The van der Waals surface area contributed by atoms with Crippen molar-refractivity contribution in [2.75, 3.05) is 20.1 Å². The fourth-order valence-corrected chi connectivity index (χ4v) is 3.89. The van der Waals surface area contributed by atoms with E-state index in [0.29, 0.717) is 6.54 Å². The maximum atomic E-state index is 13.0. The van der Waals surface area contributed by atoms with Gasteiger partial charge in [0.15, 0.2) is 0 Å². The third kappa shape index (κ3) is 4.06. The molecule has 0 unspecified atom stereocenters. The molecule has 1 aromatic carbocycles. The van der Waals surface area contributed by atoms with Crippen LogP contribution >= 0.6 is 0 Å². The molecule has 1 aliphatic heterocycles. The van der Waals surface area contributed by atoms with Gasteiger partial charge in [-0.1, -0.05) is 6.07 Å². The summed E-state index contributed by atoms with van der Waals surface area (Å²) >= 11 is 0. The smallest absolute Gasteiger partial charge is 0.227 e. The van der Waals surface area contributed by atoms with Crippen molar-refractivity contribution < 1.29 is 9.21 Å². The fourth-order valence-electron chi connectivity index (χ4n) is 3.89. The van der Waals surface area contributed by atoms with Crippen molar-refractivity contribution in [3.05, 3.63) is 53.7 Å². The average molecular weight is 366 g/mol. The minimum Gasteiger partial charge on any atom is -0.468 e. The normalized spacial score (nSPS) is 18.1. The Kier molecular flexibility index (Phi) is 4.99. The molecule has 1 saturated heterocycles. The minimum atomic E-state index is 0.0327. The number of carbonyl (C=O) groups is 1. The molecule has 1 aliphatic rings. The Morgan fingerprint density at radius 1 is 1.41 bits per heavy atom. The third-order valence-corrected chi connectivity index (χ3v) is 5.26. The van der Waals surface area contributed by atoms with E-state index < -0.39 is 0 Å². The van der Waals surface area contributed by atoms with E-state index in [0.717, 1.165) is 55.1 Å². The van der Waals surface area contributed by atoms with Crippen molar-refractivity contribution in [2.45, 2.75) is 32.9 Å². The Morgan fingerprint density at radius 3 is 3.11 bits per heavy atom. The number of amides is 1. The second-order valence-corrected chi connectivity index (χ2v) is 7.55. The summed E-state index contributed by atoms with van der Waals surface area (Å²) in [6.45, 7) is 5.12. The second kappa shape index (κ2) is 7.56. The quantitative estimate of drug-likeness (QED) is 0.752. The van der Waals surface area contributed by atoms with Gasteiger partial charge in [-0.3, -0.25) is 9.69 Å². The Labute approximate surface area is 159 Å². The Hall–Kier alpha value is -2.60. The highest BCUT2D eigenvalue weighted by molar-refractivity contribution is 5.79. The van der Waals surface area contributed by atoms with Crippen LogP contribution in [0.25, 0.3) is 11.0 Å². The van der Waals surface area contributed by atoms with Crippen molar-refractivity contribution in [1.82, 2.24) is 19.8 Å². The number of likely N-dealkylation sites (tertiary alicyclic amines) is 1. The van der Waals surface area contributed by atoms with Crippen LogP contribution in [0.4, 0.5) is 0 Å². The van der Waals surface area contributed by atoms with E-state index >= 15 is 0 Å². The van der Waals surface area contributed by atoms with Gasteiger partial charge in [0, 0.05) is 13.6 Å². The van der Waals surface area contributed by atoms with Crippen LogP contribution in [0.2, 0.25) is 0 Å². The Balaban J connectivity index is 1.38. The lowest BCUT2D eigenvalue weighted by Gasteiger charge is -2.33. The van der Waals surface area contributed by atoms with Gasteiger partial charge in [-0.05, 0) is 56.1 Å². The van der Waals surface area contributed by atoms with E-state index in [9.17, 15) is 4.79 Å². The third-order valence-electron chi connectivity index (χ3n) is 5.26. The molecule has 0 radical (unpaired) electrons. The molecule has 2 aromatic heterocycles. The van der Waals surface area contributed by atoms with Gasteiger partial charge in [-0.2, -0.15) is 0 Å². The molecule has 3 heterocycles. The number of nitrogens with zero attached hydrogens (tertiary/aromatic N) is 3. The first-order chi connectivity index (χ1) is 13.1. The predicted molar refractivity (Wildman–Crippen MR) is 104 cm³/mol. The summed E-state index contributed by atoms with van der Waals surface area (Å²) in [6, 6.07) is 10.0. The van der Waals surface area contributed by atoms with Gasteiger partial charge < -0.3 is 14.3 Å². The van der Waals surface area contributed by atoms with Crippen LogP contribution in [0.5, 0.6) is 0 Å². The monoisotopic (exact) mass is 366 g/mol. The maximum Gasteiger partial charge on any atom is 0.227 e. The van der Waals surface area contributed by atoms with Gasteiger partial charge in [-0.25, -0.2) is 4.98 Å². The highest BCUT2D eigenvalue weighted by Crippen LogP contribution is 2.21. The summed E-state index contributed by atoms with van der Waals surface area (Å²) in [7, 11) is 1.87. The number of H-pyrrole nitrogens is 1. The average Bonchev–Trinajstić information content (AvgIpc) is 3.30. The fraction of sp³-hybridized carbons (Fsp3) is 0.429. The standard InChI is InChI=1S/C21H26N4O2/c1-15-7-8-18-19(11-15)23-20(22-18)14-24(2)21(26)16-5-3-9-25(12-16)13-17-6-4-10-27-17/h4,6-8,10-11,16H,3,5,9,12-14H2,1-2H3,(H,22,23)/t16-/m1/s1. The molecule has 0 aliphatic carbocycles. The molecular weight excluding hydrogens is 340 g/mol. The number of rotatable bonds is 5. The zero-order valence-corrected chi connectivity index (χ0v) is 15.9. The summed E-state index contributed by atoms with van der Waals surface area (Å²) in [5.41, 5.74) is 3.16. The summed E-state index contributed by atoms with van der Waals surface area (Å²) in [5, 5.41) is 0. The van der Waals surface area contributed by atoms with Gasteiger partial charge in [0.05, 0.1) is 36.3 Å². The van der Waals surface area contributed by atoms with Gasteiger partial charge in [0.1, 0.15) is 11.6 Å². The number of aromatic amines is 1. The number of hydrogen-bond donors (Lipinski definition) is 1. The molecule has 142 valence electrons. The Morgan fingerprint density at radius 2 is 2.30 bits per heavy atom. The molecule has 1 atom stereocenters. The maximum absolute atomic E-state index is 13.0. The van der Waals surface area contributed by atoms with Crippen LogP contribution in [0.1, 0.15) is 30.0 Å². The molecule has 27 heavy (non-hydrogen) atoms. The van der Waals surface area contributed by atoms with Crippen LogP contribution < -0.4 is 0 Å². The van der Waals surface area contributed by atoms with Crippen LogP contribution in [0, 0.1) is 12.8 Å². The summed E-state index contributed by atoms with van der Waals surface area (Å²) < 4.78 is 5.45. The number of furan rings is 1. The number of nitrogens with one attached hydrogen (secondary N) is 1. The number of imidazole rings is 1. The van der Waals surface area contributed by atoms with E-state index in [1.165, 1.54) is 5.56 Å². The van der Waals surface area contributed by atoms with E-state index in [1.807, 2.05) is 25.2 Å². The summed E-state index contributed by atoms with van der Waals surface area (Å²) in [6.07, 6.45) is 3.68. The second-order valence-electron chi connectivity index (χ2n) is 7.55. The first-order valence-corrected chi connectivity index (χ1v) is 9.53. The van der Waals surface area contributed by atoms with Gasteiger partial charge in [-0.15, -0.1) is 0 Å². The highest BCUT2D eigenvalue weighted by atomic mass is 16.3. The molecule has 1 amide bonds. The van der Waals surface area contributed by atoms with Crippen LogP contribution in [-0.2, 0) is 17.9 Å². The SMILES string of the molecule is Cc1ccc2nc(CN(C)C(=O)[C@@H]3CCCN(Cc4ccco4)C3)[nH]c2c1. The molecular formula is C21H26N4O2. The topological polar surface area (TPSA) is 65.4 Å². The lowest BCUT2D eigenvalue weighted by Crippen LogP contribution is -2.43. The number of carbonyl (C=O) groups excluding carboxylic acids is 1. The van der Waals surface area contributed by atoms with E-state index in [2.05, 4.69) is 33.9 Å². The number of benzene rings is 1. The number of aromatic nitrogens is 2. The molecule has 6 heteroatoms. The number of piperidine rings is 1. The molecule has 4 rings (SSSR count). The lowest BCUT2D eigenvalue weighted by molar-refractivity contribution is -0.136. The molecule has 6 nitrogen and oxygen atoms in total. The number of fused-ring (bicyclic) bond motifs is 1. The molecule has 0 bridgehead atoms. The zero-order valence-electron chi connectivity index (χ0n) is 15.9. The Bertz CT molecular complexity index is 916. The van der Waals surface area contributed by atoms with Gasteiger partial charge >= 0.3 is 0 Å².